The maximum atomic E-state index is 12.6. The molecule has 150 valence electrons. The van der Waals surface area contributed by atoms with E-state index in [1.165, 1.54) is 0 Å². The number of anilines is 1. The number of thioether (sulfide) groups is 1. The highest BCUT2D eigenvalue weighted by Crippen LogP contribution is 2.34. The van der Waals surface area contributed by atoms with Gasteiger partial charge in [0, 0.05) is 5.69 Å². The van der Waals surface area contributed by atoms with Gasteiger partial charge in [0.2, 0.25) is 5.91 Å². The van der Waals surface area contributed by atoms with Crippen LogP contribution in [0.4, 0.5) is 10.5 Å². The van der Waals surface area contributed by atoms with Crippen LogP contribution in [-0.2, 0) is 16.0 Å². The Morgan fingerprint density at radius 2 is 1.79 bits per heavy atom. The van der Waals surface area contributed by atoms with E-state index in [1.807, 2.05) is 64.2 Å². The van der Waals surface area contributed by atoms with E-state index >= 15 is 0 Å². The lowest BCUT2D eigenvalue weighted by Gasteiger charge is -2.12. The number of nitrogens with zero attached hydrogens (tertiary/aromatic N) is 1. The summed E-state index contributed by atoms with van der Waals surface area (Å²) in [6.07, 6.45) is 2.49. The Labute approximate surface area is 199 Å². The van der Waals surface area contributed by atoms with Crippen LogP contribution in [0.5, 0.6) is 5.75 Å². The smallest absolute Gasteiger partial charge is 0.294 e. The summed E-state index contributed by atoms with van der Waals surface area (Å²) in [5.41, 5.74) is 2.46. The number of hydrogen-bond donors (Lipinski definition) is 2. The van der Waals surface area contributed by atoms with Crippen LogP contribution in [0.15, 0.2) is 41.3 Å². The van der Waals surface area contributed by atoms with Crippen LogP contribution in [0, 0.1) is 7.14 Å². The Bertz CT molecular complexity index is 999. The van der Waals surface area contributed by atoms with Crippen molar-refractivity contribution in [2.24, 2.45) is 0 Å². The molecule has 0 radical (unpaired) electrons. The molecule has 0 bridgehead atoms. The summed E-state index contributed by atoms with van der Waals surface area (Å²) in [6, 6.07) is 10.9. The maximum absolute atomic E-state index is 12.6. The summed E-state index contributed by atoms with van der Waals surface area (Å²) in [4.78, 5) is 38.3. The molecule has 0 atom stereocenters. The van der Waals surface area contributed by atoms with Crippen molar-refractivity contribution in [1.82, 2.24) is 4.90 Å². The summed E-state index contributed by atoms with van der Waals surface area (Å²) in [5, 5.41) is 12.1. The number of rotatable bonds is 5. The first-order valence-corrected chi connectivity index (χ1v) is 11.6. The second-order valence-corrected chi connectivity index (χ2v) is 9.52. The zero-order valence-corrected chi connectivity index (χ0v) is 20.4. The van der Waals surface area contributed by atoms with Gasteiger partial charge in [-0.15, -0.1) is 0 Å². The van der Waals surface area contributed by atoms with Crippen LogP contribution in [0.3, 0.4) is 0 Å². The molecule has 0 spiro atoms. The molecule has 0 aliphatic carbocycles. The van der Waals surface area contributed by atoms with Gasteiger partial charge in [-0.3, -0.25) is 19.3 Å². The van der Waals surface area contributed by atoms with E-state index in [1.54, 1.807) is 30.3 Å². The average Bonchev–Trinajstić information content (AvgIpc) is 2.94. The number of aromatic hydroxyl groups is 1. The Kier molecular flexibility index (Phi) is 7.22. The first kappa shape index (κ1) is 22.1. The fourth-order valence-corrected chi connectivity index (χ4v) is 5.28. The fourth-order valence-electron chi connectivity index (χ4n) is 2.62. The molecule has 3 amide bonds. The zero-order valence-electron chi connectivity index (χ0n) is 15.2. The fraction of sp³-hybridized carbons (Fsp3) is 0.150. The van der Waals surface area contributed by atoms with Gasteiger partial charge in [-0.05, 0) is 105 Å². The number of imide groups is 1. The number of hydrogen-bond acceptors (Lipinski definition) is 5. The number of nitrogens with one attached hydrogen (secondary N) is 1. The normalized spacial score (nSPS) is 15.3. The van der Waals surface area contributed by atoms with Crippen molar-refractivity contribution in [2.45, 2.75) is 13.3 Å². The van der Waals surface area contributed by atoms with E-state index in [2.05, 4.69) is 5.32 Å². The monoisotopic (exact) mass is 634 g/mol. The lowest BCUT2D eigenvalue weighted by atomic mass is 10.1. The molecular weight excluding hydrogens is 618 g/mol. The zero-order chi connectivity index (χ0) is 21.1. The SMILES string of the molecule is CCc1ccc(NC(=O)CN2C(=O)S/C(=C/c3cc(I)c(O)c(I)c3)C2=O)cc1. The van der Waals surface area contributed by atoms with Crippen LogP contribution < -0.4 is 5.32 Å². The molecule has 1 saturated heterocycles. The lowest BCUT2D eigenvalue weighted by Crippen LogP contribution is -2.36. The van der Waals surface area contributed by atoms with Crippen molar-refractivity contribution in [3.8, 4) is 5.75 Å². The van der Waals surface area contributed by atoms with Gasteiger partial charge in [0.25, 0.3) is 11.1 Å². The summed E-state index contributed by atoms with van der Waals surface area (Å²) < 4.78 is 1.29. The molecule has 1 heterocycles. The highest BCUT2D eigenvalue weighted by Gasteiger charge is 2.36. The summed E-state index contributed by atoms with van der Waals surface area (Å²) in [5.74, 6) is -0.763. The van der Waals surface area contributed by atoms with E-state index < -0.39 is 17.1 Å². The van der Waals surface area contributed by atoms with Crippen LogP contribution in [0.25, 0.3) is 6.08 Å². The molecule has 6 nitrogen and oxygen atoms in total. The molecule has 1 aliphatic heterocycles. The standard InChI is InChI=1S/C20H16I2N2O4S/c1-2-11-3-5-13(6-4-11)23-17(25)10-24-19(27)16(29-20(24)28)9-12-7-14(21)18(26)15(22)8-12/h3-9,26H,2,10H2,1H3,(H,23,25)/b16-9+. The van der Waals surface area contributed by atoms with Gasteiger partial charge in [0.15, 0.2) is 0 Å². The van der Waals surface area contributed by atoms with Crippen LogP contribution >= 0.6 is 56.9 Å². The van der Waals surface area contributed by atoms with Crippen molar-refractivity contribution in [3.63, 3.8) is 0 Å². The van der Waals surface area contributed by atoms with Gasteiger partial charge in [-0.25, -0.2) is 0 Å². The van der Waals surface area contributed by atoms with Crippen LogP contribution in [-0.4, -0.2) is 33.6 Å². The topological polar surface area (TPSA) is 86.7 Å². The summed E-state index contributed by atoms with van der Waals surface area (Å²) >= 11 is 4.80. The minimum atomic E-state index is -0.505. The van der Waals surface area contributed by atoms with E-state index in [4.69, 9.17) is 0 Å². The van der Waals surface area contributed by atoms with Crippen molar-refractivity contribution in [3.05, 3.63) is 59.6 Å². The molecule has 1 aliphatic rings. The maximum Gasteiger partial charge on any atom is 0.294 e. The average molecular weight is 634 g/mol. The van der Waals surface area contributed by atoms with Gasteiger partial charge >= 0.3 is 0 Å². The Morgan fingerprint density at radius 1 is 1.17 bits per heavy atom. The number of phenols is 1. The number of amides is 3. The van der Waals surface area contributed by atoms with E-state index in [0.29, 0.717) is 18.4 Å². The molecule has 0 saturated carbocycles. The molecule has 2 N–H and O–H groups in total. The summed E-state index contributed by atoms with van der Waals surface area (Å²) in [6.45, 7) is 1.70. The van der Waals surface area contributed by atoms with Gasteiger partial charge in [-0.2, -0.15) is 0 Å². The Morgan fingerprint density at radius 3 is 2.38 bits per heavy atom. The second kappa shape index (κ2) is 9.47. The van der Waals surface area contributed by atoms with E-state index in [-0.39, 0.29) is 17.2 Å². The number of phenolic OH excluding ortho intramolecular Hbond substituents is 1. The van der Waals surface area contributed by atoms with Crippen molar-refractivity contribution < 1.29 is 19.5 Å². The third-order valence-corrected chi connectivity index (χ3v) is 6.71. The number of carbonyl (C=O) groups excluding carboxylic acids is 3. The number of carbonyl (C=O) groups is 3. The number of halogens is 2. The highest BCUT2D eigenvalue weighted by molar-refractivity contribution is 14.1. The predicted molar refractivity (Wildman–Crippen MR) is 131 cm³/mol. The predicted octanol–water partition coefficient (Wildman–Crippen LogP) is 4.84. The van der Waals surface area contributed by atoms with E-state index in [0.717, 1.165) is 28.6 Å². The van der Waals surface area contributed by atoms with Crippen molar-refractivity contribution in [2.75, 3.05) is 11.9 Å². The Balaban J connectivity index is 1.70. The molecular formula is C20H16I2N2O4S. The first-order chi connectivity index (χ1) is 13.8. The minimum Gasteiger partial charge on any atom is -0.506 e. The summed E-state index contributed by atoms with van der Waals surface area (Å²) in [7, 11) is 0. The van der Waals surface area contributed by atoms with Crippen LogP contribution in [0.1, 0.15) is 18.1 Å². The van der Waals surface area contributed by atoms with E-state index in [9.17, 15) is 19.5 Å². The van der Waals surface area contributed by atoms with Gasteiger partial charge in [0.05, 0.1) is 12.0 Å². The van der Waals surface area contributed by atoms with Crippen molar-refractivity contribution in [1.29, 1.82) is 0 Å². The molecule has 2 aromatic rings. The molecule has 29 heavy (non-hydrogen) atoms. The Hall–Kier alpha value is -1.60. The minimum absolute atomic E-state index is 0.181. The first-order valence-electron chi connectivity index (χ1n) is 8.60. The third-order valence-electron chi connectivity index (χ3n) is 4.16. The molecule has 1 fully saturated rings. The van der Waals surface area contributed by atoms with Crippen LogP contribution in [0.2, 0.25) is 0 Å². The molecule has 0 unspecified atom stereocenters. The molecule has 3 rings (SSSR count). The number of aryl methyl sites for hydroxylation is 1. The van der Waals surface area contributed by atoms with Gasteiger partial charge < -0.3 is 10.4 Å². The van der Waals surface area contributed by atoms with Gasteiger partial charge in [0.1, 0.15) is 12.3 Å². The largest absolute Gasteiger partial charge is 0.506 e. The van der Waals surface area contributed by atoms with Crippen molar-refractivity contribution >= 4 is 85.8 Å². The number of benzene rings is 2. The molecule has 2 aromatic carbocycles. The highest BCUT2D eigenvalue weighted by atomic mass is 127. The van der Waals surface area contributed by atoms with Gasteiger partial charge in [-0.1, -0.05) is 19.1 Å². The quantitative estimate of drug-likeness (QED) is 0.364. The molecule has 0 aromatic heterocycles. The third kappa shape index (κ3) is 5.31. The second-order valence-electron chi connectivity index (χ2n) is 6.20. The molecule has 9 heteroatoms. The lowest BCUT2D eigenvalue weighted by molar-refractivity contribution is -0.127.